The largest absolute Gasteiger partial charge is 0.333 e. The van der Waals surface area contributed by atoms with Gasteiger partial charge in [0, 0.05) is 38.8 Å². The molecular weight excluding hydrogens is 313 g/mol. The second-order valence-corrected chi connectivity index (χ2v) is 6.61. The molecule has 0 radical (unpaired) electrons. The molecule has 1 aliphatic heterocycles. The van der Waals surface area contributed by atoms with E-state index in [1.54, 1.807) is 0 Å². The van der Waals surface area contributed by atoms with E-state index in [9.17, 15) is 22.4 Å². The van der Waals surface area contributed by atoms with Gasteiger partial charge >= 0.3 is 0 Å². The Kier molecular flexibility index (Phi) is 4.89. The first-order chi connectivity index (χ1) is 10.3. The molecule has 2 rings (SSSR count). The number of ketones is 1. The molecule has 1 aliphatic rings. The van der Waals surface area contributed by atoms with Gasteiger partial charge in [0.2, 0.25) is 5.78 Å². The first kappa shape index (κ1) is 16.5. The number of hydrogen-bond donors (Lipinski definition) is 1. The number of halogens is 1. The summed E-state index contributed by atoms with van der Waals surface area (Å²) in [5.41, 5.74) is 0.108. The lowest BCUT2D eigenvalue weighted by Gasteiger charge is -2.33. The Bertz CT molecular complexity index is 667. The third-order valence-electron chi connectivity index (χ3n) is 3.42. The number of Topliss-reactive ketones (excluding diaryl/α,β-unsaturated/α-hetero) is 1. The van der Waals surface area contributed by atoms with Crippen LogP contribution in [-0.4, -0.2) is 62.5 Å². The molecule has 1 amide bonds. The maximum absolute atomic E-state index is 12.8. The first-order valence-corrected chi connectivity index (χ1v) is 8.07. The minimum Gasteiger partial charge on any atom is -0.333 e. The Morgan fingerprint density at radius 2 is 1.64 bits per heavy atom. The van der Waals surface area contributed by atoms with Crippen molar-refractivity contribution in [3.63, 3.8) is 0 Å². The van der Waals surface area contributed by atoms with E-state index in [1.165, 1.54) is 28.4 Å². The van der Waals surface area contributed by atoms with Crippen LogP contribution in [0.1, 0.15) is 10.4 Å². The molecule has 22 heavy (non-hydrogen) atoms. The van der Waals surface area contributed by atoms with Gasteiger partial charge in [-0.15, -0.1) is 0 Å². The van der Waals surface area contributed by atoms with Crippen LogP contribution in [0.5, 0.6) is 0 Å². The number of carbonyl (C=O) groups excluding carboxylic acids is 2. The molecule has 0 bridgehead atoms. The summed E-state index contributed by atoms with van der Waals surface area (Å²) >= 11 is 0. The van der Waals surface area contributed by atoms with Crippen molar-refractivity contribution in [3.8, 4) is 0 Å². The smallest absolute Gasteiger partial charge is 0.295 e. The summed E-state index contributed by atoms with van der Waals surface area (Å²) in [4.78, 5) is 25.4. The minimum atomic E-state index is -3.53. The van der Waals surface area contributed by atoms with Crippen molar-refractivity contribution in [3.05, 3.63) is 35.6 Å². The fraction of sp³-hybridized carbons (Fsp3) is 0.385. The van der Waals surface area contributed by atoms with E-state index in [0.29, 0.717) is 0 Å². The lowest BCUT2D eigenvalue weighted by molar-refractivity contribution is -0.127. The minimum absolute atomic E-state index is 0.108. The van der Waals surface area contributed by atoms with Crippen LogP contribution in [0.4, 0.5) is 4.39 Å². The van der Waals surface area contributed by atoms with Gasteiger partial charge in [-0.2, -0.15) is 12.7 Å². The van der Waals surface area contributed by atoms with Crippen molar-refractivity contribution in [1.82, 2.24) is 13.9 Å². The quantitative estimate of drug-likeness (QED) is 0.602. The van der Waals surface area contributed by atoms with Crippen LogP contribution in [0.15, 0.2) is 24.3 Å². The molecule has 1 heterocycles. The molecule has 1 fully saturated rings. The molecule has 0 aromatic heterocycles. The summed E-state index contributed by atoms with van der Waals surface area (Å²) in [6.45, 7) is 0.497. The molecule has 7 nitrogen and oxygen atoms in total. The van der Waals surface area contributed by atoms with Crippen LogP contribution >= 0.6 is 0 Å². The number of piperazine rings is 1. The molecule has 1 aromatic rings. The zero-order valence-corrected chi connectivity index (χ0v) is 12.8. The second kappa shape index (κ2) is 6.51. The van der Waals surface area contributed by atoms with Crippen LogP contribution in [0.3, 0.4) is 0 Å². The fourth-order valence-electron chi connectivity index (χ4n) is 2.13. The number of benzene rings is 1. The van der Waals surface area contributed by atoms with Gasteiger partial charge in [-0.25, -0.2) is 9.11 Å². The predicted octanol–water partition coefficient (Wildman–Crippen LogP) is -0.383. The van der Waals surface area contributed by atoms with Gasteiger partial charge < -0.3 is 4.90 Å². The third kappa shape index (κ3) is 3.49. The molecule has 0 saturated carbocycles. The van der Waals surface area contributed by atoms with E-state index in [4.69, 9.17) is 0 Å². The highest BCUT2D eigenvalue weighted by Gasteiger charge is 2.30. The summed E-state index contributed by atoms with van der Waals surface area (Å²) < 4.78 is 39.5. The highest BCUT2D eigenvalue weighted by molar-refractivity contribution is 7.87. The fourth-order valence-corrected chi connectivity index (χ4v) is 3.03. The van der Waals surface area contributed by atoms with Crippen molar-refractivity contribution >= 4 is 21.9 Å². The molecule has 1 aromatic carbocycles. The number of nitrogens with one attached hydrogen (secondary N) is 1. The van der Waals surface area contributed by atoms with Crippen LogP contribution in [-0.2, 0) is 15.0 Å². The molecule has 0 aliphatic carbocycles. The number of amides is 1. The zero-order valence-electron chi connectivity index (χ0n) is 12.0. The molecular formula is C13H16FN3O4S. The molecule has 9 heteroatoms. The zero-order chi connectivity index (χ0) is 16.3. The van der Waals surface area contributed by atoms with Crippen molar-refractivity contribution in [2.45, 2.75) is 0 Å². The van der Waals surface area contributed by atoms with Gasteiger partial charge in [0.1, 0.15) is 5.82 Å². The average molecular weight is 329 g/mol. The lowest BCUT2D eigenvalue weighted by atomic mass is 10.1. The van der Waals surface area contributed by atoms with Crippen molar-refractivity contribution in [2.24, 2.45) is 0 Å². The topological polar surface area (TPSA) is 86.8 Å². The summed E-state index contributed by atoms with van der Waals surface area (Å²) in [5, 5.41) is 0. The van der Waals surface area contributed by atoms with Crippen LogP contribution in [0, 0.1) is 5.82 Å². The number of rotatable bonds is 4. The second-order valence-electron chi connectivity index (χ2n) is 4.74. The van der Waals surface area contributed by atoms with Gasteiger partial charge in [-0.1, -0.05) is 0 Å². The van der Waals surface area contributed by atoms with Crippen molar-refractivity contribution in [2.75, 3.05) is 33.2 Å². The Labute approximate surface area is 127 Å². The van der Waals surface area contributed by atoms with Gasteiger partial charge in [0.15, 0.2) is 0 Å². The Balaban J connectivity index is 2.00. The van der Waals surface area contributed by atoms with Crippen LogP contribution in [0.25, 0.3) is 0 Å². The van der Waals surface area contributed by atoms with E-state index < -0.39 is 27.7 Å². The van der Waals surface area contributed by atoms with E-state index in [-0.39, 0.29) is 31.7 Å². The van der Waals surface area contributed by atoms with E-state index in [1.807, 2.05) is 0 Å². The lowest BCUT2D eigenvalue weighted by Crippen LogP contribution is -2.54. The highest BCUT2D eigenvalue weighted by atomic mass is 32.2. The summed E-state index contributed by atoms with van der Waals surface area (Å²) in [7, 11) is -2.22. The molecule has 120 valence electrons. The monoisotopic (exact) mass is 329 g/mol. The maximum Gasteiger partial charge on any atom is 0.295 e. The maximum atomic E-state index is 12.8. The summed E-state index contributed by atoms with van der Waals surface area (Å²) in [6.07, 6.45) is 0. The van der Waals surface area contributed by atoms with Gasteiger partial charge in [-0.3, -0.25) is 9.59 Å². The SMILES string of the molecule is CNS(=O)(=O)N1CCN(C(=O)C(=O)c2ccc(F)cc2)CC1. The van der Waals surface area contributed by atoms with Gasteiger partial charge in [0.05, 0.1) is 0 Å². The van der Waals surface area contributed by atoms with Gasteiger partial charge in [-0.05, 0) is 24.3 Å². The van der Waals surface area contributed by atoms with Crippen LogP contribution in [0.2, 0.25) is 0 Å². The Hall–Kier alpha value is -1.84. The average Bonchev–Trinajstić information content (AvgIpc) is 2.54. The third-order valence-corrected chi connectivity index (χ3v) is 4.99. The van der Waals surface area contributed by atoms with E-state index in [2.05, 4.69) is 4.72 Å². The van der Waals surface area contributed by atoms with Gasteiger partial charge in [0.25, 0.3) is 16.1 Å². The first-order valence-electron chi connectivity index (χ1n) is 6.63. The standard InChI is InChI=1S/C13H16FN3O4S/c1-15-22(20,21)17-8-6-16(7-9-17)13(19)12(18)10-2-4-11(14)5-3-10/h2-5,15H,6-9H2,1H3. The number of carbonyl (C=O) groups is 2. The van der Waals surface area contributed by atoms with Crippen molar-refractivity contribution in [1.29, 1.82) is 0 Å². The Morgan fingerprint density at radius 1 is 1.09 bits per heavy atom. The number of hydrogen-bond acceptors (Lipinski definition) is 4. The molecule has 0 spiro atoms. The number of nitrogens with zero attached hydrogens (tertiary/aromatic N) is 2. The predicted molar refractivity (Wildman–Crippen MR) is 76.9 cm³/mol. The van der Waals surface area contributed by atoms with Crippen molar-refractivity contribution < 1.29 is 22.4 Å². The highest BCUT2D eigenvalue weighted by Crippen LogP contribution is 2.10. The summed E-state index contributed by atoms with van der Waals surface area (Å²) in [6, 6.07) is 4.71. The summed E-state index contributed by atoms with van der Waals surface area (Å²) in [5.74, 6) is -1.94. The van der Waals surface area contributed by atoms with E-state index in [0.717, 1.165) is 12.1 Å². The Morgan fingerprint density at radius 3 is 2.14 bits per heavy atom. The molecule has 0 unspecified atom stereocenters. The molecule has 1 saturated heterocycles. The normalized spacial score (nSPS) is 16.5. The molecule has 1 N–H and O–H groups in total. The van der Waals surface area contributed by atoms with E-state index >= 15 is 0 Å². The van der Waals surface area contributed by atoms with Crippen LogP contribution < -0.4 is 4.72 Å². The molecule has 0 atom stereocenters.